The minimum atomic E-state index is -5.02. The Morgan fingerprint density at radius 1 is 1.07 bits per heavy atom. The molecule has 0 fully saturated rings. The molecule has 0 unspecified atom stereocenters. The van der Waals surface area contributed by atoms with Gasteiger partial charge in [0.05, 0.1) is 39.3 Å². The van der Waals surface area contributed by atoms with Crippen LogP contribution in [-0.2, 0) is 21.2 Å². The predicted molar refractivity (Wildman–Crippen MR) is 154 cm³/mol. The summed E-state index contributed by atoms with van der Waals surface area (Å²) in [5.74, 6) is 0. The molecule has 1 aromatic carbocycles. The summed E-state index contributed by atoms with van der Waals surface area (Å²) >= 11 is 0. The van der Waals surface area contributed by atoms with Crippen molar-refractivity contribution in [3.8, 4) is 23.0 Å². The number of phosphoric acid groups is 1. The van der Waals surface area contributed by atoms with E-state index in [0.29, 0.717) is 32.7 Å². The highest BCUT2D eigenvalue weighted by atomic mass is 31.2. The number of phosphoric ester groups is 1. The molecular formula is C28H22N7O6P. The van der Waals surface area contributed by atoms with Crippen LogP contribution in [0.4, 0.5) is 0 Å². The van der Waals surface area contributed by atoms with E-state index in [-0.39, 0.29) is 16.4 Å². The van der Waals surface area contributed by atoms with Gasteiger partial charge in [-0.25, -0.2) is 23.9 Å². The number of benzene rings is 1. The fourth-order valence-corrected chi connectivity index (χ4v) is 5.05. The van der Waals surface area contributed by atoms with E-state index in [1.54, 1.807) is 68.7 Å². The summed E-state index contributed by atoms with van der Waals surface area (Å²) in [5, 5.41) is 10.4. The maximum Gasteiger partial charge on any atom is 0.471 e. The first-order valence-corrected chi connectivity index (χ1v) is 14.1. The normalized spacial score (nSPS) is 12.3. The third-order valence-electron chi connectivity index (χ3n) is 7.02. The van der Waals surface area contributed by atoms with Gasteiger partial charge in [-0.1, -0.05) is 12.1 Å². The van der Waals surface area contributed by atoms with Crippen molar-refractivity contribution in [3.05, 3.63) is 93.5 Å². The van der Waals surface area contributed by atoms with Crippen LogP contribution in [0.5, 0.6) is 0 Å². The van der Waals surface area contributed by atoms with Crippen molar-refractivity contribution in [2.45, 2.75) is 26.0 Å². The van der Waals surface area contributed by atoms with Gasteiger partial charge >= 0.3 is 13.5 Å². The lowest BCUT2D eigenvalue weighted by Gasteiger charge is -2.18. The minimum absolute atomic E-state index is 0.0249. The number of pyridine rings is 3. The number of nitrogens with zero attached hydrogens (tertiary/aromatic N) is 6. The number of H-pyrrole nitrogens is 1. The second kappa shape index (κ2) is 9.83. The Hall–Kier alpha value is -4.99. The van der Waals surface area contributed by atoms with Gasteiger partial charge in [-0.15, -0.1) is 0 Å². The zero-order valence-electron chi connectivity index (χ0n) is 22.2. The van der Waals surface area contributed by atoms with E-state index in [0.717, 1.165) is 10.9 Å². The molecule has 3 N–H and O–H groups in total. The number of nitriles is 1. The quantitative estimate of drug-likeness (QED) is 0.193. The van der Waals surface area contributed by atoms with E-state index in [1.807, 2.05) is 6.07 Å². The summed E-state index contributed by atoms with van der Waals surface area (Å²) in [4.78, 5) is 62.5. The summed E-state index contributed by atoms with van der Waals surface area (Å²) in [6.07, 6.45) is 4.71. The maximum absolute atomic E-state index is 13.9. The molecule has 6 aromatic rings. The van der Waals surface area contributed by atoms with Crippen molar-refractivity contribution in [3.63, 3.8) is 0 Å². The van der Waals surface area contributed by atoms with Gasteiger partial charge in [0.2, 0.25) is 0 Å². The summed E-state index contributed by atoms with van der Waals surface area (Å²) in [5.41, 5.74) is 1.20. The van der Waals surface area contributed by atoms with Crippen molar-refractivity contribution in [1.29, 1.82) is 5.26 Å². The first kappa shape index (κ1) is 27.2. The number of hydrogen-bond donors (Lipinski definition) is 3. The first-order chi connectivity index (χ1) is 20.0. The molecule has 5 heterocycles. The van der Waals surface area contributed by atoms with E-state index in [1.165, 1.54) is 10.8 Å². The van der Waals surface area contributed by atoms with Crippen LogP contribution in [0.1, 0.15) is 19.4 Å². The maximum atomic E-state index is 13.9. The van der Waals surface area contributed by atoms with Crippen molar-refractivity contribution < 1.29 is 18.9 Å². The molecular weight excluding hydrogens is 561 g/mol. The van der Waals surface area contributed by atoms with E-state index in [2.05, 4.69) is 25.5 Å². The molecule has 13 nitrogen and oxygen atoms in total. The van der Waals surface area contributed by atoms with Gasteiger partial charge in [-0.3, -0.25) is 18.9 Å². The van der Waals surface area contributed by atoms with Gasteiger partial charge < -0.3 is 14.8 Å². The van der Waals surface area contributed by atoms with E-state index in [4.69, 9.17) is 4.98 Å². The van der Waals surface area contributed by atoms with Crippen LogP contribution >= 0.6 is 7.82 Å². The molecule has 0 amide bonds. The average Bonchev–Trinajstić information content (AvgIpc) is 3.41. The Balaban J connectivity index is 1.68. The Bertz CT molecular complexity index is 2240. The van der Waals surface area contributed by atoms with E-state index in [9.17, 15) is 29.2 Å². The molecule has 0 aliphatic rings. The molecule has 0 saturated carbocycles. The first-order valence-electron chi connectivity index (χ1n) is 12.6. The van der Waals surface area contributed by atoms with Crippen molar-refractivity contribution in [2.75, 3.05) is 0 Å². The van der Waals surface area contributed by atoms with Crippen LogP contribution in [0, 0.1) is 11.3 Å². The summed E-state index contributed by atoms with van der Waals surface area (Å²) < 4.78 is 17.7. The van der Waals surface area contributed by atoms with Crippen LogP contribution in [0.15, 0.2) is 76.7 Å². The minimum Gasteiger partial charge on any atom is -0.345 e. The van der Waals surface area contributed by atoms with Crippen LogP contribution in [0.25, 0.3) is 49.9 Å². The van der Waals surface area contributed by atoms with Gasteiger partial charge in [-0.05, 0) is 55.8 Å². The number of hydrogen-bond acceptors (Lipinski definition) is 8. The molecule has 0 radical (unpaired) electrons. The van der Waals surface area contributed by atoms with Crippen LogP contribution in [0.2, 0.25) is 0 Å². The van der Waals surface area contributed by atoms with Crippen LogP contribution in [0.3, 0.4) is 0 Å². The molecule has 6 rings (SSSR count). The topological polar surface area (TPSA) is 189 Å². The Morgan fingerprint density at radius 3 is 2.55 bits per heavy atom. The summed E-state index contributed by atoms with van der Waals surface area (Å²) in [6.45, 7) is 2.52. The fourth-order valence-electron chi connectivity index (χ4n) is 4.78. The van der Waals surface area contributed by atoms with Gasteiger partial charge in [0.25, 0.3) is 5.56 Å². The lowest BCUT2D eigenvalue weighted by Crippen LogP contribution is -2.40. The highest BCUT2D eigenvalue weighted by Crippen LogP contribution is 2.36. The van der Waals surface area contributed by atoms with Crippen LogP contribution < -0.4 is 11.2 Å². The van der Waals surface area contributed by atoms with Crippen LogP contribution in [-0.4, -0.2) is 38.9 Å². The third-order valence-corrected chi connectivity index (χ3v) is 7.47. The van der Waals surface area contributed by atoms with E-state index >= 15 is 0 Å². The van der Waals surface area contributed by atoms with Gasteiger partial charge in [0.15, 0.2) is 0 Å². The highest BCUT2D eigenvalue weighted by Gasteiger charge is 2.23. The molecule has 0 saturated heterocycles. The average molecular weight is 584 g/mol. The Kier molecular flexibility index (Phi) is 6.36. The molecule has 14 heteroatoms. The second-order valence-corrected chi connectivity index (χ2v) is 11.3. The number of aromatic nitrogens is 6. The number of nitrogens with one attached hydrogen (secondary N) is 1. The molecule has 5 aromatic heterocycles. The number of rotatable bonds is 6. The fraction of sp³-hybridized carbons (Fsp3) is 0.143. The molecule has 0 atom stereocenters. The molecule has 42 heavy (non-hydrogen) atoms. The van der Waals surface area contributed by atoms with Gasteiger partial charge in [0, 0.05) is 29.5 Å². The number of fused-ring (bicyclic) bond motifs is 4. The molecule has 0 bridgehead atoms. The molecule has 0 spiro atoms. The Morgan fingerprint density at radius 2 is 1.83 bits per heavy atom. The van der Waals surface area contributed by atoms with Crippen molar-refractivity contribution >= 4 is 40.8 Å². The number of aromatic amines is 1. The lowest BCUT2D eigenvalue weighted by molar-refractivity contribution is 0.148. The summed E-state index contributed by atoms with van der Waals surface area (Å²) in [7, 11) is -5.02. The third kappa shape index (κ3) is 4.58. The van der Waals surface area contributed by atoms with E-state index < -0.39 is 31.2 Å². The smallest absolute Gasteiger partial charge is 0.345 e. The van der Waals surface area contributed by atoms with Gasteiger partial charge in [-0.2, -0.15) is 5.26 Å². The van der Waals surface area contributed by atoms with Crippen molar-refractivity contribution in [2.24, 2.45) is 0 Å². The zero-order chi connectivity index (χ0) is 29.8. The SMILES string of the molecule is CC(C)(C#N)c1ccc(-n2c(=O)n(COP(=O)(O)O)c(=O)c3cnc4ccc(-c5c[nH]c6ncccc56)nc4c32)cc1. The largest absolute Gasteiger partial charge is 0.471 e. The Labute approximate surface area is 236 Å². The molecule has 0 aliphatic carbocycles. The standard InChI is InChI=1S/C28H22N7O6P/c1-28(2,14-29)16-5-7-17(8-6-16)35-24-20(26(36)34(27(35)37)15-41-42(38,39)40)13-31-22-10-9-21(33-23(22)24)19-12-32-25-18(19)4-3-11-30-25/h3-13H,15H2,1-2H3,(H,30,32)(H2,38,39,40). The molecule has 0 aliphatic heterocycles. The highest BCUT2D eigenvalue weighted by molar-refractivity contribution is 7.46. The zero-order valence-corrected chi connectivity index (χ0v) is 23.1. The van der Waals surface area contributed by atoms with Gasteiger partial charge in [0.1, 0.15) is 17.9 Å². The monoisotopic (exact) mass is 583 g/mol. The predicted octanol–water partition coefficient (Wildman–Crippen LogP) is 3.51. The molecule has 210 valence electrons. The second-order valence-electron chi connectivity index (χ2n) is 10.1. The lowest BCUT2D eigenvalue weighted by atomic mass is 9.86. The summed E-state index contributed by atoms with van der Waals surface area (Å²) in [6, 6.07) is 16.0. The van der Waals surface area contributed by atoms with Crippen molar-refractivity contribution in [1.82, 2.24) is 29.1 Å².